The molecule has 6 rings (SSSR count). The summed E-state index contributed by atoms with van der Waals surface area (Å²) in [6, 6.07) is 11.4. The Bertz CT molecular complexity index is 1790. The van der Waals surface area contributed by atoms with E-state index in [1.54, 1.807) is 37.4 Å². The Balaban J connectivity index is 1.24. The summed E-state index contributed by atoms with van der Waals surface area (Å²) >= 11 is 0. The maximum absolute atomic E-state index is 13.7. The Hall–Kier alpha value is -5.00. The van der Waals surface area contributed by atoms with Gasteiger partial charge in [0.25, 0.3) is 5.56 Å². The van der Waals surface area contributed by atoms with Gasteiger partial charge >= 0.3 is 5.82 Å². The number of aromatic nitrogens is 7. The number of hydrogen-bond acceptors (Lipinski definition) is 7. The van der Waals surface area contributed by atoms with E-state index >= 15 is 0 Å². The topological polar surface area (TPSA) is 129 Å². The Morgan fingerprint density at radius 1 is 1.20 bits per heavy atom. The first-order valence-corrected chi connectivity index (χ1v) is 13.5. The summed E-state index contributed by atoms with van der Waals surface area (Å²) in [6.07, 6.45) is 5.39. The molecule has 41 heavy (non-hydrogen) atoms. The lowest BCUT2D eigenvalue weighted by Crippen LogP contribution is -2.55. The third-order valence-corrected chi connectivity index (χ3v) is 7.58. The van der Waals surface area contributed by atoms with Crippen LogP contribution in [0.5, 0.6) is 5.75 Å². The summed E-state index contributed by atoms with van der Waals surface area (Å²) in [4.78, 5) is 42.3. The van der Waals surface area contributed by atoms with Gasteiger partial charge in [0.15, 0.2) is 11.6 Å². The summed E-state index contributed by atoms with van der Waals surface area (Å²) < 4.78 is 8.71. The molecule has 1 atom stereocenters. The molecule has 5 heterocycles. The maximum atomic E-state index is 13.7. The molecule has 0 spiro atoms. The quantitative estimate of drug-likeness (QED) is 0.307. The largest absolute Gasteiger partial charge is 0.493 e. The molecule has 1 fully saturated rings. The van der Waals surface area contributed by atoms with Gasteiger partial charge in [-0.1, -0.05) is 35.3 Å². The van der Waals surface area contributed by atoms with Crippen molar-refractivity contribution in [3.05, 3.63) is 76.9 Å². The van der Waals surface area contributed by atoms with Gasteiger partial charge < -0.3 is 19.5 Å². The number of aryl methyl sites for hydroxylation is 2. The van der Waals surface area contributed by atoms with E-state index in [1.807, 2.05) is 55.3 Å². The second-order valence-electron chi connectivity index (χ2n) is 10.3. The average Bonchev–Trinajstić information content (AvgIpc) is 3.60. The zero-order valence-corrected chi connectivity index (χ0v) is 23.5. The fourth-order valence-electron chi connectivity index (χ4n) is 5.51. The van der Waals surface area contributed by atoms with E-state index in [0.717, 1.165) is 39.2 Å². The highest BCUT2D eigenvalue weighted by Crippen LogP contribution is 2.32. The molecule has 12 heteroatoms. The molecule has 4 aromatic heterocycles. The molecule has 5 aromatic rings. The highest BCUT2D eigenvalue weighted by atomic mass is 16.5. The van der Waals surface area contributed by atoms with Gasteiger partial charge in [0.05, 0.1) is 18.9 Å². The zero-order valence-electron chi connectivity index (χ0n) is 23.5. The maximum Gasteiger partial charge on any atom is 0.309 e. The molecular weight excluding hydrogens is 522 g/mol. The van der Waals surface area contributed by atoms with E-state index in [0.29, 0.717) is 31.2 Å². The molecular formula is C29H32N9O3+. The smallest absolute Gasteiger partial charge is 0.309 e. The summed E-state index contributed by atoms with van der Waals surface area (Å²) in [5.74, 6) is 2.76. The number of ether oxygens (including phenoxy) is 1. The van der Waals surface area contributed by atoms with E-state index in [-0.39, 0.29) is 23.9 Å². The molecule has 2 N–H and O–H groups in total. The van der Waals surface area contributed by atoms with E-state index in [2.05, 4.69) is 30.0 Å². The van der Waals surface area contributed by atoms with Crippen molar-refractivity contribution < 1.29 is 14.2 Å². The second kappa shape index (κ2) is 10.5. The lowest BCUT2D eigenvalue weighted by molar-refractivity contribution is -0.659. The standard InChI is InChI=1S/C29H31N9O3/c1-18-16-36(28-22(13-24(39)35(3)34-28)20-8-6-5-7-9-20)10-11-37(18)25(40)12-21-14-30-27-26(21)23(41-4)15-31-29(27)38-17-32-19(2)33-38/h5-9,13-15,17-18H,10-12,16H2,1-4H3,(H,30,31)/p+1/t18-/m1/s1. The number of nitrogens with one attached hydrogen (secondary N) is 2. The molecule has 1 saturated heterocycles. The molecule has 0 bridgehead atoms. The van der Waals surface area contributed by atoms with Crippen LogP contribution in [-0.2, 0) is 18.3 Å². The van der Waals surface area contributed by atoms with Gasteiger partial charge in [0, 0.05) is 57.5 Å². The number of hydrogen-bond donors (Lipinski definition) is 2. The molecule has 1 aliphatic heterocycles. The first-order chi connectivity index (χ1) is 19.8. The van der Waals surface area contributed by atoms with E-state index in [4.69, 9.17) is 4.74 Å². The van der Waals surface area contributed by atoms with Crippen LogP contribution in [0.1, 0.15) is 18.3 Å². The summed E-state index contributed by atoms with van der Waals surface area (Å²) in [5, 5.41) is 8.58. The van der Waals surface area contributed by atoms with Crippen LogP contribution < -0.4 is 19.9 Å². The monoisotopic (exact) mass is 554 g/mol. The van der Waals surface area contributed by atoms with Gasteiger partial charge in [-0.25, -0.2) is 9.78 Å². The molecule has 0 aliphatic carbocycles. The van der Waals surface area contributed by atoms with Crippen LogP contribution in [0.4, 0.5) is 5.82 Å². The molecule has 210 valence electrons. The number of rotatable bonds is 6. The van der Waals surface area contributed by atoms with Gasteiger partial charge in [0.2, 0.25) is 18.1 Å². The lowest BCUT2D eigenvalue weighted by atomic mass is 10.0. The van der Waals surface area contributed by atoms with Gasteiger partial charge in [-0.05, 0) is 18.1 Å². The van der Waals surface area contributed by atoms with Crippen LogP contribution in [0.2, 0.25) is 0 Å². The van der Waals surface area contributed by atoms with Gasteiger partial charge in [-0.2, -0.15) is 5.10 Å². The van der Waals surface area contributed by atoms with Crippen molar-refractivity contribution >= 4 is 22.6 Å². The van der Waals surface area contributed by atoms with Gasteiger partial charge in [-0.15, -0.1) is 9.67 Å². The second-order valence-corrected chi connectivity index (χ2v) is 10.3. The zero-order chi connectivity index (χ0) is 28.7. The summed E-state index contributed by atoms with van der Waals surface area (Å²) in [5.41, 5.74) is 3.16. The van der Waals surface area contributed by atoms with E-state index in [9.17, 15) is 9.59 Å². The van der Waals surface area contributed by atoms with Crippen LogP contribution in [0.15, 0.2) is 59.9 Å². The number of benzene rings is 1. The molecule has 0 radical (unpaired) electrons. The number of H-pyrrole nitrogens is 2. The van der Waals surface area contributed by atoms with Crippen LogP contribution in [0.25, 0.3) is 27.8 Å². The molecule has 0 unspecified atom stereocenters. The third-order valence-electron chi connectivity index (χ3n) is 7.58. The normalized spacial score (nSPS) is 15.5. The van der Waals surface area contributed by atoms with Crippen LogP contribution in [0, 0.1) is 6.92 Å². The number of carbonyl (C=O) groups excluding carboxylic acids is 1. The first kappa shape index (κ1) is 26.2. The minimum Gasteiger partial charge on any atom is -0.493 e. The number of fused-ring (bicyclic) bond motifs is 1. The third kappa shape index (κ3) is 4.81. The highest BCUT2D eigenvalue weighted by molar-refractivity contribution is 5.95. The average molecular weight is 555 g/mol. The molecule has 12 nitrogen and oxygen atoms in total. The Kier molecular flexibility index (Phi) is 6.73. The first-order valence-electron chi connectivity index (χ1n) is 13.5. The number of nitrogens with zero attached hydrogens (tertiary/aromatic N) is 7. The molecule has 1 aromatic carbocycles. The number of anilines is 1. The Morgan fingerprint density at radius 2 is 2.00 bits per heavy atom. The number of amides is 1. The van der Waals surface area contributed by atoms with Crippen molar-refractivity contribution in [3.8, 4) is 22.7 Å². The number of piperazine rings is 1. The minimum atomic E-state index is -0.164. The van der Waals surface area contributed by atoms with E-state index < -0.39 is 0 Å². The predicted octanol–water partition coefficient (Wildman–Crippen LogP) is 1.92. The number of carbonyl (C=O) groups is 1. The SMILES string of the molecule is COc1cnc(-[n+]2cnc(C)[nH]2)c2[nH]cc(CC(=O)N3CCN(c4nn(C)c(=O)cc4-c4ccccc4)C[C@H]3C)c12. The molecule has 1 aliphatic rings. The number of pyridine rings is 1. The van der Waals surface area contributed by atoms with Crippen molar-refractivity contribution in [1.29, 1.82) is 0 Å². The van der Waals surface area contributed by atoms with Gasteiger partial charge in [-0.3, -0.25) is 9.59 Å². The van der Waals surface area contributed by atoms with Crippen molar-refractivity contribution in [2.45, 2.75) is 26.3 Å². The number of methoxy groups -OCH3 is 1. The Morgan fingerprint density at radius 3 is 2.71 bits per heavy atom. The predicted molar refractivity (Wildman–Crippen MR) is 153 cm³/mol. The van der Waals surface area contributed by atoms with Gasteiger partial charge in [0.1, 0.15) is 11.7 Å². The summed E-state index contributed by atoms with van der Waals surface area (Å²) in [6.45, 7) is 5.64. The van der Waals surface area contributed by atoms with Crippen molar-refractivity contribution in [2.75, 3.05) is 31.6 Å². The van der Waals surface area contributed by atoms with Crippen LogP contribution >= 0.6 is 0 Å². The minimum absolute atomic E-state index is 0.0280. The van der Waals surface area contributed by atoms with Crippen LogP contribution in [-0.4, -0.2) is 73.4 Å². The van der Waals surface area contributed by atoms with Crippen molar-refractivity contribution in [2.24, 2.45) is 7.05 Å². The van der Waals surface area contributed by atoms with Crippen molar-refractivity contribution in [3.63, 3.8) is 0 Å². The molecule has 1 amide bonds. The lowest BCUT2D eigenvalue weighted by Gasteiger charge is -2.41. The summed E-state index contributed by atoms with van der Waals surface area (Å²) in [7, 11) is 3.26. The fourth-order valence-corrected chi connectivity index (χ4v) is 5.51. The van der Waals surface area contributed by atoms with Crippen LogP contribution in [0.3, 0.4) is 0 Å². The number of aromatic amines is 2. The Labute approximate surface area is 236 Å². The van der Waals surface area contributed by atoms with Crippen molar-refractivity contribution in [1.82, 2.24) is 34.7 Å². The fraction of sp³-hybridized carbons (Fsp3) is 0.310. The molecule has 0 saturated carbocycles. The van der Waals surface area contributed by atoms with E-state index in [1.165, 1.54) is 4.68 Å². The highest BCUT2D eigenvalue weighted by Gasteiger charge is 2.31.